The average molecular weight is 527 g/mol. The van der Waals surface area contributed by atoms with E-state index in [9.17, 15) is 17.1 Å². The number of fused-ring (bicyclic) bond motifs is 1. The van der Waals surface area contributed by atoms with E-state index in [2.05, 4.69) is 21.0 Å². The van der Waals surface area contributed by atoms with Gasteiger partial charge in [0.05, 0.1) is 18.1 Å². The smallest absolute Gasteiger partial charge is 0.332 e. The van der Waals surface area contributed by atoms with Gasteiger partial charge in [-0.05, 0) is 42.3 Å². The minimum absolute atomic E-state index is 0. The van der Waals surface area contributed by atoms with Gasteiger partial charge in [-0.15, -0.1) is 35.1 Å². The standard InChI is InChI=1S/C23H23FN4O3S.2ClH/c1-3-17-8-19(10-21(9-17)32(24,30)31)15-27-6-7-28(16(2)14-27)23(29)12-18-4-5-20-13-25-26-22(20)11-18;;/h1,4-5,8-11,13,16H,6-7,12,14-15H2,2H3,(H,25,26);2*1H/t16-;;/m1../s1. The highest BCUT2D eigenvalue weighted by molar-refractivity contribution is 7.86. The number of benzene rings is 2. The summed E-state index contributed by atoms with van der Waals surface area (Å²) in [7, 11) is -4.84. The Morgan fingerprint density at radius 2 is 1.97 bits per heavy atom. The second-order valence-electron chi connectivity index (χ2n) is 8.09. The summed E-state index contributed by atoms with van der Waals surface area (Å²) in [6, 6.07) is 9.94. The summed E-state index contributed by atoms with van der Waals surface area (Å²) >= 11 is 0. The number of carbonyl (C=O) groups excluding carboxylic acids is 1. The molecule has 2 heterocycles. The molecule has 0 saturated carbocycles. The van der Waals surface area contributed by atoms with Crippen LogP contribution in [0.5, 0.6) is 0 Å². The summed E-state index contributed by atoms with van der Waals surface area (Å²) in [4.78, 5) is 16.4. The molecular formula is C23H25Cl2FN4O3S. The molecule has 0 unspecified atom stereocenters. The van der Waals surface area contributed by atoms with Crippen LogP contribution in [-0.4, -0.2) is 60.0 Å². The van der Waals surface area contributed by atoms with Crippen LogP contribution in [0.4, 0.5) is 3.89 Å². The van der Waals surface area contributed by atoms with Gasteiger partial charge >= 0.3 is 10.2 Å². The molecule has 7 nitrogen and oxygen atoms in total. The maximum atomic E-state index is 13.5. The van der Waals surface area contributed by atoms with E-state index in [4.69, 9.17) is 6.42 Å². The highest BCUT2D eigenvalue weighted by Gasteiger charge is 2.27. The van der Waals surface area contributed by atoms with Crippen molar-refractivity contribution in [2.75, 3.05) is 19.6 Å². The molecule has 3 aromatic rings. The van der Waals surface area contributed by atoms with Crippen LogP contribution in [0.1, 0.15) is 23.6 Å². The van der Waals surface area contributed by atoms with E-state index in [1.807, 2.05) is 30.0 Å². The third-order valence-corrected chi connectivity index (χ3v) is 6.51. The minimum atomic E-state index is -4.84. The number of piperazine rings is 1. The van der Waals surface area contributed by atoms with Gasteiger partial charge in [-0.3, -0.25) is 14.8 Å². The molecule has 4 rings (SSSR count). The van der Waals surface area contributed by atoms with E-state index < -0.39 is 15.1 Å². The number of hydrogen-bond donors (Lipinski definition) is 1. The number of carbonyl (C=O) groups is 1. The number of halogens is 3. The Hall–Kier alpha value is -2.64. The zero-order chi connectivity index (χ0) is 22.9. The van der Waals surface area contributed by atoms with E-state index in [1.54, 1.807) is 12.3 Å². The first kappa shape index (κ1) is 27.6. The highest BCUT2D eigenvalue weighted by atomic mass is 35.5. The average Bonchev–Trinajstić information content (AvgIpc) is 3.20. The lowest BCUT2D eigenvalue weighted by molar-refractivity contribution is -0.135. The molecule has 1 amide bonds. The van der Waals surface area contributed by atoms with Crippen LogP contribution in [-0.2, 0) is 28.0 Å². The Morgan fingerprint density at radius 3 is 2.65 bits per heavy atom. The van der Waals surface area contributed by atoms with Crippen molar-refractivity contribution >= 4 is 51.8 Å². The minimum Gasteiger partial charge on any atom is -0.337 e. The van der Waals surface area contributed by atoms with Crippen molar-refractivity contribution < 1.29 is 17.1 Å². The van der Waals surface area contributed by atoms with Gasteiger partial charge in [0.25, 0.3) is 0 Å². The maximum absolute atomic E-state index is 13.5. The molecule has 2 aromatic carbocycles. The quantitative estimate of drug-likeness (QED) is 0.407. The van der Waals surface area contributed by atoms with Crippen LogP contribution in [0.2, 0.25) is 0 Å². The van der Waals surface area contributed by atoms with Crippen molar-refractivity contribution in [2.24, 2.45) is 0 Å². The third kappa shape index (κ3) is 6.27. The highest BCUT2D eigenvalue weighted by Crippen LogP contribution is 2.21. The second kappa shape index (κ2) is 11.2. The number of rotatable bonds is 5. The predicted molar refractivity (Wildman–Crippen MR) is 133 cm³/mol. The fraction of sp³-hybridized carbons (Fsp3) is 0.304. The Bertz CT molecular complexity index is 1320. The molecule has 0 bridgehead atoms. The van der Waals surface area contributed by atoms with Crippen LogP contribution < -0.4 is 0 Å². The summed E-state index contributed by atoms with van der Waals surface area (Å²) in [5.74, 6) is 2.42. The number of aromatic nitrogens is 2. The Balaban J connectivity index is 0.00000204. The van der Waals surface area contributed by atoms with Gasteiger partial charge in [0, 0.05) is 43.2 Å². The summed E-state index contributed by atoms with van der Waals surface area (Å²) < 4.78 is 36.1. The molecule has 1 aliphatic heterocycles. The first-order chi connectivity index (χ1) is 15.2. The summed E-state index contributed by atoms with van der Waals surface area (Å²) in [6.07, 6.45) is 7.45. The van der Waals surface area contributed by atoms with Crippen LogP contribution in [0.15, 0.2) is 47.5 Å². The predicted octanol–water partition coefficient (Wildman–Crippen LogP) is 3.32. The van der Waals surface area contributed by atoms with Crippen LogP contribution in [0.3, 0.4) is 0 Å². The molecule has 11 heteroatoms. The molecule has 1 saturated heterocycles. The lowest BCUT2D eigenvalue weighted by atomic mass is 10.1. The molecule has 1 aromatic heterocycles. The van der Waals surface area contributed by atoms with E-state index in [-0.39, 0.29) is 36.8 Å². The molecule has 1 atom stereocenters. The molecule has 0 aliphatic carbocycles. The maximum Gasteiger partial charge on any atom is 0.332 e. The summed E-state index contributed by atoms with van der Waals surface area (Å²) in [5, 5.41) is 7.92. The van der Waals surface area contributed by atoms with Gasteiger partial charge in [0.1, 0.15) is 4.90 Å². The lowest BCUT2D eigenvalue weighted by Crippen LogP contribution is -2.54. The lowest BCUT2D eigenvalue weighted by Gasteiger charge is -2.40. The normalized spacial score (nSPS) is 16.4. The van der Waals surface area contributed by atoms with Crippen molar-refractivity contribution in [3.63, 3.8) is 0 Å². The second-order valence-corrected chi connectivity index (χ2v) is 9.43. The number of amides is 1. The number of nitrogens with zero attached hydrogens (tertiary/aromatic N) is 3. The Morgan fingerprint density at radius 1 is 1.21 bits per heavy atom. The van der Waals surface area contributed by atoms with Crippen molar-refractivity contribution in [3.05, 3.63) is 59.3 Å². The van der Waals surface area contributed by atoms with Gasteiger partial charge in [0.2, 0.25) is 5.91 Å². The van der Waals surface area contributed by atoms with Gasteiger partial charge in [0.15, 0.2) is 0 Å². The number of H-pyrrole nitrogens is 1. The molecule has 0 radical (unpaired) electrons. The van der Waals surface area contributed by atoms with Crippen molar-refractivity contribution in [1.82, 2.24) is 20.0 Å². The zero-order valence-corrected chi connectivity index (χ0v) is 20.9. The molecule has 34 heavy (non-hydrogen) atoms. The molecule has 182 valence electrons. The SMILES string of the molecule is C#Cc1cc(CN2CCN(C(=O)Cc3ccc4cn[nH]c4c3)[C@H](C)C2)cc(S(=O)(=O)F)c1.Cl.Cl. The van der Waals surface area contributed by atoms with Crippen molar-refractivity contribution in [3.8, 4) is 12.3 Å². The summed E-state index contributed by atoms with van der Waals surface area (Å²) in [5.41, 5.74) is 2.76. The van der Waals surface area contributed by atoms with Gasteiger partial charge in [-0.2, -0.15) is 13.5 Å². The van der Waals surface area contributed by atoms with Crippen molar-refractivity contribution in [2.45, 2.75) is 30.8 Å². The van der Waals surface area contributed by atoms with E-state index in [0.717, 1.165) is 22.5 Å². The zero-order valence-electron chi connectivity index (χ0n) is 18.4. The number of hydrogen-bond acceptors (Lipinski definition) is 5. The molecule has 1 aliphatic rings. The fourth-order valence-corrected chi connectivity index (χ4v) is 4.71. The van der Waals surface area contributed by atoms with Gasteiger partial charge in [-0.1, -0.05) is 18.1 Å². The topological polar surface area (TPSA) is 86.4 Å². The Labute approximate surface area is 210 Å². The number of aromatic amines is 1. The molecular weight excluding hydrogens is 502 g/mol. The van der Waals surface area contributed by atoms with Crippen LogP contribution >= 0.6 is 24.8 Å². The Kier molecular flexibility index (Phi) is 9.08. The van der Waals surface area contributed by atoms with E-state index in [1.165, 1.54) is 6.07 Å². The van der Waals surface area contributed by atoms with E-state index >= 15 is 0 Å². The molecule has 0 spiro atoms. The first-order valence-corrected chi connectivity index (χ1v) is 11.6. The summed E-state index contributed by atoms with van der Waals surface area (Å²) in [6.45, 7) is 4.19. The fourth-order valence-electron chi connectivity index (χ4n) is 4.15. The first-order valence-electron chi connectivity index (χ1n) is 10.2. The monoisotopic (exact) mass is 526 g/mol. The third-order valence-electron chi connectivity index (χ3n) is 5.71. The van der Waals surface area contributed by atoms with Crippen LogP contribution in [0.25, 0.3) is 10.9 Å². The number of terminal acetylenes is 1. The number of nitrogens with one attached hydrogen (secondary N) is 1. The van der Waals surface area contributed by atoms with Gasteiger partial charge in [-0.25, -0.2) is 0 Å². The molecule has 1 fully saturated rings. The largest absolute Gasteiger partial charge is 0.337 e. The van der Waals surface area contributed by atoms with Crippen molar-refractivity contribution in [1.29, 1.82) is 0 Å². The van der Waals surface area contributed by atoms with Gasteiger partial charge < -0.3 is 4.90 Å². The molecule has 1 N–H and O–H groups in total. The van der Waals surface area contributed by atoms with E-state index in [0.29, 0.717) is 43.7 Å². The van der Waals surface area contributed by atoms with Crippen LogP contribution in [0, 0.1) is 12.3 Å².